The minimum Gasteiger partial charge on any atom is -0.369 e. The zero-order valence-corrected chi connectivity index (χ0v) is 19.0. The molecule has 0 aliphatic carbocycles. The van der Waals surface area contributed by atoms with E-state index < -0.39 is 0 Å². The van der Waals surface area contributed by atoms with Gasteiger partial charge in [0.25, 0.3) is 0 Å². The van der Waals surface area contributed by atoms with E-state index in [2.05, 4.69) is 58.0 Å². The van der Waals surface area contributed by atoms with Crippen molar-refractivity contribution in [2.24, 2.45) is 0 Å². The van der Waals surface area contributed by atoms with Crippen molar-refractivity contribution in [2.75, 3.05) is 50.7 Å². The minimum absolute atomic E-state index is 0. The summed E-state index contributed by atoms with van der Waals surface area (Å²) < 4.78 is 0. The van der Waals surface area contributed by atoms with Crippen LogP contribution in [-0.4, -0.2) is 61.7 Å². The van der Waals surface area contributed by atoms with Crippen molar-refractivity contribution in [3.05, 3.63) is 64.7 Å². The molecule has 2 fully saturated rings. The maximum atomic E-state index is 5.98. The molecule has 2 aliphatic rings. The number of piperazine rings is 1. The Labute approximate surface area is 187 Å². The smallest absolute Gasteiger partial charge is 0.0406 e. The van der Waals surface area contributed by atoms with E-state index in [-0.39, 0.29) is 12.4 Å². The average molecular weight is 434 g/mol. The Balaban J connectivity index is 0.00000240. The molecule has 0 aromatic heterocycles. The van der Waals surface area contributed by atoms with Crippen molar-refractivity contribution in [3.8, 4) is 0 Å². The lowest BCUT2D eigenvalue weighted by Gasteiger charge is -2.43. The van der Waals surface area contributed by atoms with Gasteiger partial charge in [-0.3, -0.25) is 4.90 Å². The Morgan fingerprint density at radius 1 is 0.862 bits per heavy atom. The Morgan fingerprint density at radius 2 is 1.52 bits per heavy atom. The summed E-state index contributed by atoms with van der Waals surface area (Å²) in [5, 5.41) is 0.826. The van der Waals surface area contributed by atoms with Gasteiger partial charge < -0.3 is 9.80 Å². The van der Waals surface area contributed by atoms with Crippen molar-refractivity contribution in [2.45, 2.75) is 32.2 Å². The van der Waals surface area contributed by atoms with E-state index >= 15 is 0 Å². The van der Waals surface area contributed by atoms with Gasteiger partial charge in [-0.2, -0.15) is 0 Å². The van der Waals surface area contributed by atoms with E-state index in [4.69, 9.17) is 11.6 Å². The summed E-state index contributed by atoms with van der Waals surface area (Å²) in [7, 11) is 0. The minimum atomic E-state index is 0. The molecule has 29 heavy (non-hydrogen) atoms. The first-order chi connectivity index (χ1) is 13.7. The first-order valence-electron chi connectivity index (χ1n) is 10.7. The van der Waals surface area contributed by atoms with E-state index in [9.17, 15) is 0 Å². The molecule has 2 aromatic carbocycles. The topological polar surface area (TPSA) is 9.72 Å². The van der Waals surface area contributed by atoms with Crippen LogP contribution in [0.15, 0.2) is 48.5 Å². The largest absolute Gasteiger partial charge is 0.369 e. The van der Waals surface area contributed by atoms with Gasteiger partial charge in [0.1, 0.15) is 0 Å². The predicted octanol–water partition coefficient (Wildman–Crippen LogP) is 4.90. The van der Waals surface area contributed by atoms with Crippen LogP contribution in [0.4, 0.5) is 5.69 Å². The molecule has 0 amide bonds. The molecule has 5 heteroatoms. The van der Waals surface area contributed by atoms with Gasteiger partial charge in [-0.05, 0) is 68.6 Å². The first kappa shape index (κ1) is 22.4. The molecule has 0 bridgehead atoms. The summed E-state index contributed by atoms with van der Waals surface area (Å²) >= 11 is 5.98. The summed E-state index contributed by atoms with van der Waals surface area (Å²) in [4.78, 5) is 7.94. The Morgan fingerprint density at radius 3 is 2.17 bits per heavy atom. The molecule has 3 nitrogen and oxygen atoms in total. The van der Waals surface area contributed by atoms with Crippen molar-refractivity contribution in [1.29, 1.82) is 0 Å². The predicted molar refractivity (Wildman–Crippen MR) is 127 cm³/mol. The third-order valence-corrected chi connectivity index (χ3v) is 6.73. The fourth-order valence-corrected chi connectivity index (χ4v) is 4.82. The number of hydrogen-bond acceptors (Lipinski definition) is 3. The van der Waals surface area contributed by atoms with Gasteiger partial charge in [-0.1, -0.05) is 41.9 Å². The second kappa shape index (κ2) is 10.7. The molecule has 0 unspecified atom stereocenters. The maximum absolute atomic E-state index is 5.98. The van der Waals surface area contributed by atoms with E-state index in [0.717, 1.165) is 37.1 Å². The lowest BCUT2D eigenvalue weighted by atomic mass is 10.0. The molecular weight excluding hydrogens is 401 g/mol. The molecular formula is C24H33Cl2N3. The number of likely N-dealkylation sites (tertiary alicyclic amines) is 1. The van der Waals surface area contributed by atoms with Crippen LogP contribution in [0.5, 0.6) is 0 Å². The van der Waals surface area contributed by atoms with E-state index in [0.29, 0.717) is 0 Å². The van der Waals surface area contributed by atoms with Gasteiger partial charge in [0.05, 0.1) is 0 Å². The second-order valence-electron chi connectivity index (χ2n) is 8.26. The third-order valence-electron chi connectivity index (χ3n) is 6.47. The van der Waals surface area contributed by atoms with Crippen LogP contribution >= 0.6 is 24.0 Å². The average Bonchev–Trinajstić information content (AvgIpc) is 2.74. The van der Waals surface area contributed by atoms with Gasteiger partial charge in [-0.15, -0.1) is 12.4 Å². The monoisotopic (exact) mass is 433 g/mol. The number of hydrogen-bond donors (Lipinski definition) is 0. The SMILES string of the molecule is Cc1ccccc1N1CCN(C2CCN(CCc3ccc(Cl)cc3)CC2)CC1.Cl. The van der Waals surface area contributed by atoms with Crippen LogP contribution in [0.2, 0.25) is 5.02 Å². The molecule has 4 rings (SSSR count). The molecule has 158 valence electrons. The summed E-state index contributed by atoms with van der Waals surface area (Å²) in [6.07, 6.45) is 3.74. The number of halogens is 2. The lowest BCUT2D eigenvalue weighted by molar-refractivity contribution is 0.104. The highest BCUT2D eigenvalue weighted by Crippen LogP contribution is 2.24. The number of nitrogens with zero attached hydrogens (tertiary/aromatic N) is 3. The lowest BCUT2D eigenvalue weighted by Crippen LogP contribution is -2.53. The van der Waals surface area contributed by atoms with Crippen molar-refractivity contribution >= 4 is 29.7 Å². The number of aryl methyl sites for hydroxylation is 1. The number of para-hydroxylation sites is 1. The fourth-order valence-electron chi connectivity index (χ4n) is 4.69. The second-order valence-corrected chi connectivity index (χ2v) is 8.70. The molecule has 0 saturated carbocycles. The van der Waals surface area contributed by atoms with Crippen LogP contribution in [0.25, 0.3) is 0 Å². The van der Waals surface area contributed by atoms with Crippen molar-refractivity contribution in [1.82, 2.24) is 9.80 Å². The third kappa shape index (κ3) is 5.88. The number of piperidine rings is 1. The summed E-state index contributed by atoms with van der Waals surface area (Å²) in [5.41, 5.74) is 4.20. The van der Waals surface area contributed by atoms with Crippen LogP contribution < -0.4 is 4.90 Å². The molecule has 2 aromatic rings. The van der Waals surface area contributed by atoms with Crippen molar-refractivity contribution < 1.29 is 0 Å². The van der Waals surface area contributed by atoms with Crippen LogP contribution in [0, 0.1) is 6.92 Å². The van der Waals surface area contributed by atoms with Gasteiger partial charge >= 0.3 is 0 Å². The van der Waals surface area contributed by atoms with Crippen LogP contribution in [-0.2, 0) is 6.42 Å². The van der Waals surface area contributed by atoms with Gasteiger partial charge in [0, 0.05) is 49.5 Å². The molecule has 0 radical (unpaired) electrons. The normalized spacial score (nSPS) is 19.2. The Kier molecular flexibility index (Phi) is 8.25. The summed E-state index contributed by atoms with van der Waals surface area (Å²) in [6.45, 7) is 10.6. The van der Waals surface area contributed by atoms with Gasteiger partial charge in [0.15, 0.2) is 0 Å². The van der Waals surface area contributed by atoms with Crippen LogP contribution in [0.1, 0.15) is 24.0 Å². The van der Waals surface area contributed by atoms with E-state index in [1.54, 1.807) is 0 Å². The van der Waals surface area contributed by atoms with E-state index in [1.807, 2.05) is 12.1 Å². The summed E-state index contributed by atoms with van der Waals surface area (Å²) in [6, 6.07) is 17.9. The first-order valence-corrected chi connectivity index (χ1v) is 11.1. The molecule has 0 spiro atoms. The highest BCUT2D eigenvalue weighted by Gasteiger charge is 2.27. The highest BCUT2D eigenvalue weighted by atomic mass is 35.5. The zero-order valence-electron chi connectivity index (χ0n) is 17.4. The maximum Gasteiger partial charge on any atom is 0.0406 e. The zero-order chi connectivity index (χ0) is 19.3. The molecule has 0 atom stereocenters. The van der Waals surface area contributed by atoms with Gasteiger partial charge in [-0.25, -0.2) is 0 Å². The molecule has 2 heterocycles. The van der Waals surface area contributed by atoms with E-state index in [1.165, 1.54) is 55.8 Å². The quantitative estimate of drug-likeness (QED) is 0.663. The standard InChI is InChI=1S/C24H32ClN3.ClH/c1-20-4-2-3-5-24(20)28-18-16-27(17-19-28)23-11-14-26(15-12-23)13-10-21-6-8-22(25)9-7-21;/h2-9,23H,10-19H2,1H3;1H. The van der Waals surface area contributed by atoms with Crippen LogP contribution in [0.3, 0.4) is 0 Å². The Hall–Kier alpha value is -1.26. The highest BCUT2D eigenvalue weighted by molar-refractivity contribution is 6.30. The van der Waals surface area contributed by atoms with Crippen molar-refractivity contribution in [3.63, 3.8) is 0 Å². The fraction of sp³-hybridized carbons (Fsp3) is 0.500. The van der Waals surface area contributed by atoms with Gasteiger partial charge in [0.2, 0.25) is 0 Å². The molecule has 0 N–H and O–H groups in total. The number of anilines is 1. The molecule has 2 saturated heterocycles. The number of benzene rings is 2. The number of rotatable bonds is 5. The summed E-state index contributed by atoms with van der Waals surface area (Å²) in [5.74, 6) is 0. The molecule has 2 aliphatic heterocycles. The Bertz CT molecular complexity index is 749.